The van der Waals surface area contributed by atoms with E-state index in [4.69, 9.17) is 27.0 Å². The zero-order valence-electron chi connectivity index (χ0n) is 19.3. The van der Waals surface area contributed by atoms with Crippen LogP contribution in [0.3, 0.4) is 0 Å². The molecule has 1 aliphatic carbocycles. The first-order valence-corrected chi connectivity index (χ1v) is 11.6. The summed E-state index contributed by atoms with van der Waals surface area (Å²) in [5.74, 6) is -1.13. The van der Waals surface area contributed by atoms with Gasteiger partial charge in [-0.25, -0.2) is 9.37 Å². The van der Waals surface area contributed by atoms with Gasteiger partial charge < -0.3 is 14.4 Å². The third kappa shape index (κ3) is 4.49. The molecular weight excluding hydrogens is 500 g/mol. The van der Waals surface area contributed by atoms with E-state index in [2.05, 4.69) is 4.98 Å². The molecule has 36 heavy (non-hydrogen) atoms. The Morgan fingerprint density at radius 1 is 1.19 bits per heavy atom. The number of nitriles is 1. The molecule has 1 aromatic carbocycles. The van der Waals surface area contributed by atoms with Crippen LogP contribution in [0, 0.1) is 17.1 Å². The quantitative estimate of drug-likeness (QED) is 0.275. The molecule has 2 heterocycles. The van der Waals surface area contributed by atoms with Crippen molar-refractivity contribution in [3.8, 4) is 11.8 Å². The molecule has 0 bridgehead atoms. The summed E-state index contributed by atoms with van der Waals surface area (Å²) in [5.41, 5.74) is -3.12. The number of methoxy groups -OCH3 is 1. The van der Waals surface area contributed by atoms with E-state index in [9.17, 15) is 22.4 Å². The maximum absolute atomic E-state index is 14.9. The lowest BCUT2D eigenvalue weighted by Crippen LogP contribution is -2.55. The number of carbonyl (C=O) groups excluding carboxylic acids is 1. The Hall–Kier alpha value is -3.30. The fourth-order valence-corrected chi connectivity index (χ4v) is 4.83. The number of amides is 1. The molecular formula is C24H22F4N4O3S. The topological polar surface area (TPSA) is 78.7 Å². The van der Waals surface area contributed by atoms with E-state index in [1.54, 1.807) is 13.2 Å². The molecule has 0 radical (unpaired) electrons. The van der Waals surface area contributed by atoms with Crippen molar-refractivity contribution < 1.29 is 31.8 Å². The number of carbonyl (C=O) groups is 1. The number of alkyl halides is 3. The molecule has 2 fully saturated rings. The van der Waals surface area contributed by atoms with Gasteiger partial charge in [-0.3, -0.25) is 9.69 Å². The maximum atomic E-state index is 14.9. The van der Waals surface area contributed by atoms with Gasteiger partial charge in [-0.05, 0) is 62.5 Å². The van der Waals surface area contributed by atoms with Crippen molar-refractivity contribution in [2.75, 3.05) is 30.1 Å². The SMILES string of the molecule is COCCCCOc1ccc(N2C(=S)N(c3cnc(C#N)c(C(F)(F)F)c3)C(=O)C23CCC3)cc1F. The first-order chi connectivity index (χ1) is 17.1. The van der Waals surface area contributed by atoms with Crippen molar-refractivity contribution in [2.45, 2.75) is 43.8 Å². The monoisotopic (exact) mass is 522 g/mol. The number of thiocarbonyl (C=S) groups is 1. The first-order valence-electron chi connectivity index (χ1n) is 11.2. The van der Waals surface area contributed by atoms with Gasteiger partial charge in [-0.15, -0.1) is 0 Å². The zero-order chi connectivity index (χ0) is 26.1. The summed E-state index contributed by atoms with van der Waals surface area (Å²) in [6.45, 7) is 0.869. The second-order valence-corrected chi connectivity index (χ2v) is 8.87. The number of aromatic nitrogens is 1. The Balaban J connectivity index is 1.64. The summed E-state index contributed by atoms with van der Waals surface area (Å²) in [6, 6.07) is 6.30. The molecule has 1 aliphatic heterocycles. The summed E-state index contributed by atoms with van der Waals surface area (Å²) in [5, 5.41) is 8.93. The summed E-state index contributed by atoms with van der Waals surface area (Å²) in [4.78, 5) is 19.6. The van der Waals surface area contributed by atoms with Gasteiger partial charge in [0.15, 0.2) is 22.4 Å². The van der Waals surface area contributed by atoms with Crippen LogP contribution in [0.15, 0.2) is 30.5 Å². The molecule has 1 saturated heterocycles. The van der Waals surface area contributed by atoms with Gasteiger partial charge in [0, 0.05) is 25.5 Å². The van der Waals surface area contributed by atoms with E-state index >= 15 is 0 Å². The van der Waals surface area contributed by atoms with Gasteiger partial charge in [0.1, 0.15) is 11.6 Å². The minimum Gasteiger partial charge on any atom is -0.491 e. The van der Waals surface area contributed by atoms with Crippen molar-refractivity contribution in [1.82, 2.24) is 4.98 Å². The van der Waals surface area contributed by atoms with Crippen molar-refractivity contribution in [3.05, 3.63) is 47.5 Å². The smallest absolute Gasteiger partial charge is 0.419 e. The van der Waals surface area contributed by atoms with Crippen molar-refractivity contribution in [1.29, 1.82) is 5.26 Å². The van der Waals surface area contributed by atoms with E-state index < -0.39 is 34.7 Å². The van der Waals surface area contributed by atoms with E-state index in [0.29, 0.717) is 45.0 Å². The summed E-state index contributed by atoms with van der Waals surface area (Å²) >= 11 is 5.53. The largest absolute Gasteiger partial charge is 0.491 e. The molecule has 1 amide bonds. The van der Waals surface area contributed by atoms with E-state index in [1.807, 2.05) is 0 Å². The van der Waals surface area contributed by atoms with Crippen LogP contribution in [0.1, 0.15) is 43.4 Å². The van der Waals surface area contributed by atoms with Crippen LogP contribution in [0.4, 0.5) is 28.9 Å². The lowest BCUT2D eigenvalue weighted by atomic mass is 9.75. The number of benzene rings is 1. The Morgan fingerprint density at radius 3 is 2.50 bits per heavy atom. The average molecular weight is 523 g/mol. The molecule has 1 saturated carbocycles. The Kier molecular flexibility index (Phi) is 7.15. The first kappa shape index (κ1) is 25.8. The molecule has 1 aromatic heterocycles. The molecule has 0 unspecified atom stereocenters. The van der Waals surface area contributed by atoms with Crippen LogP contribution >= 0.6 is 12.2 Å². The molecule has 4 rings (SSSR count). The van der Waals surface area contributed by atoms with Crippen molar-refractivity contribution in [3.63, 3.8) is 0 Å². The number of unbranched alkanes of at least 4 members (excludes halogenated alkanes) is 1. The van der Waals surface area contributed by atoms with Crippen LogP contribution < -0.4 is 14.5 Å². The normalized spacial score (nSPS) is 16.9. The Bertz CT molecular complexity index is 1230. The van der Waals surface area contributed by atoms with Gasteiger partial charge in [0.25, 0.3) is 5.91 Å². The fraction of sp³-hybridized carbons (Fsp3) is 0.417. The standard InChI is InChI=1S/C24H22F4N4O3S/c1-34-9-2-3-10-35-20-6-5-15(12-18(20)25)32-22(36)31(21(33)23(32)7-4-8-23)16-11-17(24(26,27)28)19(13-29)30-14-16/h5-6,11-12,14H,2-4,7-10H2,1H3. The maximum Gasteiger partial charge on any atom is 0.419 e. The van der Waals surface area contributed by atoms with Gasteiger partial charge in [0.2, 0.25) is 0 Å². The van der Waals surface area contributed by atoms with E-state index in [0.717, 1.165) is 17.5 Å². The second-order valence-electron chi connectivity index (χ2n) is 8.51. The molecule has 7 nitrogen and oxygen atoms in total. The van der Waals surface area contributed by atoms with Crippen LogP contribution in [0.25, 0.3) is 0 Å². The van der Waals surface area contributed by atoms with Gasteiger partial charge in [0.05, 0.1) is 24.1 Å². The third-order valence-corrected chi connectivity index (χ3v) is 6.67. The van der Waals surface area contributed by atoms with Gasteiger partial charge >= 0.3 is 6.18 Å². The Morgan fingerprint density at radius 2 is 1.92 bits per heavy atom. The highest BCUT2D eigenvalue weighted by molar-refractivity contribution is 7.81. The minimum atomic E-state index is -4.85. The molecule has 12 heteroatoms. The zero-order valence-corrected chi connectivity index (χ0v) is 20.1. The highest BCUT2D eigenvalue weighted by Gasteiger charge is 2.59. The highest BCUT2D eigenvalue weighted by atomic mass is 32.1. The van der Waals surface area contributed by atoms with Crippen LogP contribution in [0.2, 0.25) is 0 Å². The third-order valence-electron chi connectivity index (χ3n) is 6.31. The molecule has 2 aromatic rings. The predicted molar refractivity (Wildman–Crippen MR) is 126 cm³/mol. The lowest BCUT2D eigenvalue weighted by molar-refractivity contribution is -0.138. The number of halogens is 4. The van der Waals surface area contributed by atoms with Crippen LogP contribution in [-0.2, 0) is 15.7 Å². The number of anilines is 2. The van der Waals surface area contributed by atoms with E-state index in [1.165, 1.54) is 23.1 Å². The number of rotatable bonds is 8. The minimum absolute atomic E-state index is 0.0400. The van der Waals surface area contributed by atoms with E-state index in [-0.39, 0.29) is 22.2 Å². The molecule has 0 atom stereocenters. The van der Waals surface area contributed by atoms with Crippen LogP contribution in [-0.4, -0.2) is 41.9 Å². The number of hydrogen-bond acceptors (Lipinski definition) is 6. The molecule has 1 spiro atoms. The number of nitrogens with zero attached hydrogens (tertiary/aromatic N) is 4. The average Bonchev–Trinajstić information content (AvgIpc) is 3.05. The fourth-order valence-electron chi connectivity index (χ4n) is 4.37. The second kappa shape index (κ2) is 9.99. The summed E-state index contributed by atoms with van der Waals surface area (Å²) in [6.07, 6.45) is -0.905. The van der Waals surface area contributed by atoms with Gasteiger partial charge in [-0.2, -0.15) is 18.4 Å². The summed E-state index contributed by atoms with van der Waals surface area (Å²) < 4.78 is 65.9. The molecule has 190 valence electrons. The number of ether oxygens (including phenoxy) is 2. The highest BCUT2D eigenvalue weighted by Crippen LogP contribution is 2.48. The number of hydrogen-bond donors (Lipinski definition) is 0. The number of pyridine rings is 1. The predicted octanol–water partition coefficient (Wildman–Crippen LogP) is 4.98. The lowest BCUT2D eigenvalue weighted by Gasteiger charge is -2.43. The van der Waals surface area contributed by atoms with Gasteiger partial charge in [-0.1, -0.05) is 0 Å². The molecule has 0 N–H and O–H groups in total. The summed E-state index contributed by atoms with van der Waals surface area (Å²) in [7, 11) is 1.59. The Labute approximate surface area is 210 Å². The van der Waals surface area contributed by atoms with Crippen molar-refractivity contribution >= 4 is 34.6 Å². The van der Waals surface area contributed by atoms with Crippen LogP contribution in [0.5, 0.6) is 5.75 Å². The van der Waals surface area contributed by atoms with Crippen molar-refractivity contribution in [2.24, 2.45) is 0 Å². The molecule has 2 aliphatic rings.